The van der Waals surface area contributed by atoms with Gasteiger partial charge in [0.15, 0.2) is 0 Å². The first-order chi connectivity index (χ1) is 5.33. The molecule has 1 unspecified atom stereocenters. The van der Waals surface area contributed by atoms with Crippen LogP contribution in [0.1, 0.15) is 6.92 Å². The Morgan fingerprint density at radius 2 is 1.91 bits per heavy atom. The van der Waals surface area contributed by atoms with Crippen molar-refractivity contribution in [3.63, 3.8) is 0 Å². The molecular formula is C8H9O3. The van der Waals surface area contributed by atoms with E-state index in [1.165, 1.54) is 0 Å². The molecule has 0 bridgehead atoms. The zero-order valence-electron chi connectivity index (χ0n) is 6.19. The lowest BCUT2D eigenvalue weighted by molar-refractivity contribution is -0.368. The van der Waals surface area contributed by atoms with Gasteiger partial charge in [-0.3, -0.25) is 0 Å². The smallest absolute Gasteiger partial charge is 0.231 e. The lowest BCUT2D eigenvalue weighted by Gasteiger charge is -2.08. The Morgan fingerprint density at radius 1 is 1.27 bits per heavy atom. The molecule has 3 heteroatoms. The molecular weight excluding hydrogens is 144 g/mol. The van der Waals surface area contributed by atoms with Gasteiger partial charge < -0.3 is 4.74 Å². The summed E-state index contributed by atoms with van der Waals surface area (Å²) < 4.78 is 5.03. The van der Waals surface area contributed by atoms with E-state index < -0.39 is 6.29 Å². The van der Waals surface area contributed by atoms with Crippen molar-refractivity contribution in [2.45, 2.75) is 13.2 Å². The van der Waals surface area contributed by atoms with Crippen molar-refractivity contribution in [3.8, 4) is 5.75 Å². The zero-order chi connectivity index (χ0) is 8.10. The molecule has 0 aliphatic rings. The second-order valence-electron chi connectivity index (χ2n) is 2.09. The van der Waals surface area contributed by atoms with Gasteiger partial charge in [-0.15, -0.1) is 0 Å². The number of benzene rings is 1. The van der Waals surface area contributed by atoms with Gasteiger partial charge in [0.25, 0.3) is 0 Å². The predicted octanol–water partition coefficient (Wildman–Crippen LogP) is 1.77. The Labute approximate surface area is 65.1 Å². The summed E-state index contributed by atoms with van der Waals surface area (Å²) in [5, 5.41) is 9.81. The van der Waals surface area contributed by atoms with Gasteiger partial charge in [-0.05, 0) is 17.4 Å². The van der Waals surface area contributed by atoms with Crippen LogP contribution < -0.4 is 4.74 Å². The molecule has 0 amide bonds. The summed E-state index contributed by atoms with van der Waals surface area (Å²) in [6, 6.07) is 9.04. The SMILES string of the molecule is CC(O[O])Oc1ccccc1. The fourth-order valence-corrected chi connectivity index (χ4v) is 0.710. The zero-order valence-corrected chi connectivity index (χ0v) is 6.19. The molecule has 0 spiro atoms. The van der Waals surface area contributed by atoms with Crippen molar-refractivity contribution in [2.75, 3.05) is 0 Å². The Balaban J connectivity index is 2.51. The summed E-state index contributed by atoms with van der Waals surface area (Å²) in [5.74, 6) is 0.635. The highest BCUT2D eigenvalue weighted by molar-refractivity contribution is 5.20. The molecule has 3 nitrogen and oxygen atoms in total. The van der Waals surface area contributed by atoms with Gasteiger partial charge in [-0.1, -0.05) is 18.2 Å². The maximum Gasteiger partial charge on any atom is 0.231 e. The molecule has 0 aliphatic carbocycles. The van der Waals surface area contributed by atoms with E-state index >= 15 is 0 Å². The molecule has 0 saturated carbocycles. The molecule has 1 aromatic rings. The van der Waals surface area contributed by atoms with E-state index in [2.05, 4.69) is 4.89 Å². The second kappa shape index (κ2) is 3.95. The average molecular weight is 153 g/mol. The minimum absolute atomic E-state index is 0.635. The maximum atomic E-state index is 9.81. The van der Waals surface area contributed by atoms with Crippen molar-refractivity contribution in [2.24, 2.45) is 0 Å². The molecule has 0 aliphatic heterocycles. The van der Waals surface area contributed by atoms with E-state index in [9.17, 15) is 5.26 Å². The molecule has 0 N–H and O–H groups in total. The van der Waals surface area contributed by atoms with Crippen molar-refractivity contribution in [1.29, 1.82) is 0 Å². The van der Waals surface area contributed by atoms with Gasteiger partial charge in [-0.25, -0.2) is 0 Å². The minimum Gasteiger partial charge on any atom is -0.462 e. The van der Waals surface area contributed by atoms with Crippen LogP contribution in [-0.4, -0.2) is 6.29 Å². The molecule has 1 atom stereocenters. The minimum atomic E-state index is -0.739. The molecule has 1 rings (SSSR count). The molecule has 0 heterocycles. The maximum absolute atomic E-state index is 9.81. The fourth-order valence-electron chi connectivity index (χ4n) is 0.710. The second-order valence-corrected chi connectivity index (χ2v) is 2.09. The highest BCUT2D eigenvalue weighted by atomic mass is 17.1. The third-order valence-corrected chi connectivity index (χ3v) is 1.18. The Hall–Kier alpha value is -1.06. The summed E-state index contributed by atoms with van der Waals surface area (Å²) in [7, 11) is 0. The van der Waals surface area contributed by atoms with Crippen LogP contribution >= 0.6 is 0 Å². The summed E-state index contributed by atoms with van der Waals surface area (Å²) in [5.41, 5.74) is 0. The van der Waals surface area contributed by atoms with Crippen LogP contribution in [0.15, 0.2) is 30.3 Å². The van der Waals surface area contributed by atoms with Gasteiger partial charge in [0, 0.05) is 6.92 Å². The summed E-state index contributed by atoms with van der Waals surface area (Å²) in [4.78, 5) is 3.68. The first-order valence-electron chi connectivity index (χ1n) is 3.33. The number of hydrogen-bond donors (Lipinski definition) is 0. The lowest BCUT2D eigenvalue weighted by Crippen LogP contribution is -2.12. The van der Waals surface area contributed by atoms with Crippen molar-refractivity contribution in [1.82, 2.24) is 0 Å². The van der Waals surface area contributed by atoms with E-state index in [1.807, 2.05) is 18.2 Å². The lowest BCUT2D eigenvalue weighted by atomic mass is 10.3. The number of hydrogen-bond acceptors (Lipinski definition) is 2. The number of para-hydroxylation sites is 1. The molecule has 0 fully saturated rings. The van der Waals surface area contributed by atoms with Crippen LogP contribution in [0, 0.1) is 0 Å². The average Bonchev–Trinajstić information content (AvgIpc) is 2.06. The summed E-state index contributed by atoms with van der Waals surface area (Å²) in [6.07, 6.45) is -0.739. The third-order valence-electron chi connectivity index (χ3n) is 1.18. The van der Waals surface area contributed by atoms with Gasteiger partial charge in [0.1, 0.15) is 5.75 Å². The normalized spacial score (nSPS) is 12.5. The van der Waals surface area contributed by atoms with Crippen molar-refractivity contribution < 1.29 is 14.9 Å². The molecule has 1 radical (unpaired) electrons. The van der Waals surface area contributed by atoms with Crippen LogP contribution in [0.5, 0.6) is 5.75 Å². The van der Waals surface area contributed by atoms with Crippen molar-refractivity contribution in [3.05, 3.63) is 30.3 Å². The van der Waals surface area contributed by atoms with E-state index in [4.69, 9.17) is 4.74 Å². The predicted molar refractivity (Wildman–Crippen MR) is 38.3 cm³/mol. The van der Waals surface area contributed by atoms with E-state index in [-0.39, 0.29) is 0 Å². The van der Waals surface area contributed by atoms with E-state index in [1.54, 1.807) is 19.1 Å². The Morgan fingerprint density at radius 3 is 2.45 bits per heavy atom. The van der Waals surface area contributed by atoms with Gasteiger partial charge >= 0.3 is 0 Å². The van der Waals surface area contributed by atoms with E-state index in [0.717, 1.165) is 0 Å². The van der Waals surface area contributed by atoms with Gasteiger partial charge in [0.05, 0.1) is 0 Å². The van der Waals surface area contributed by atoms with Crippen LogP contribution in [0.2, 0.25) is 0 Å². The van der Waals surface area contributed by atoms with Gasteiger partial charge in [0.2, 0.25) is 6.29 Å². The number of ether oxygens (including phenoxy) is 1. The van der Waals surface area contributed by atoms with Crippen LogP contribution in [-0.2, 0) is 10.1 Å². The van der Waals surface area contributed by atoms with E-state index in [0.29, 0.717) is 5.75 Å². The topological polar surface area (TPSA) is 38.4 Å². The molecule has 1 aromatic carbocycles. The molecule has 0 saturated heterocycles. The van der Waals surface area contributed by atoms with Crippen LogP contribution in [0.4, 0.5) is 0 Å². The van der Waals surface area contributed by atoms with Gasteiger partial charge in [-0.2, -0.15) is 4.89 Å². The summed E-state index contributed by atoms with van der Waals surface area (Å²) in [6.45, 7) is 1.54. The van der Waals surface area contributed by atoms with Crippen LogP contribution in [0.25, 0.3) is 0 Å². The molecule has 0 aromatic heterocycles. The Kier molecular flexibility index (Phi) is 2.89. The monoisotopic (exact) mass is 153 g/mol. The summed E-state index contributed by atoms with van der Waals surface area (Å²) >= 11 is 0. The number of rotatable bonds is 3. The standard InChI is InChI=1S/C8H9O3/c1-7(11-9)10-8-5-3-2-4-6-8/h2-7H,1H3. The molecule has 11 heavy (non-hydrogen) atoms. The molecule has 59 valence electrons. The third kappa shape index (κ3) is 2.57. The fraction of sp³-hybridized carbons (Fsp3) is 0.250. The first kappa shape index (κ1) is 8.04. The van der Waals surface area contributed by atoms with Crippen LogP contribution in [0.3, 0.4) is 0 Å². The highest BCUT2D eigenvalue weighted by Gasteiger charge is 2.01. The first-order valence-corrected chi connectivity index (χ1v) is 3.33. The highest BCUT2D eigenvalue weighted by Crippen LogP contribution is 2.10. The quantitative estimate of drug-likeness (QED) is 0.377. The van der Waals surface area contributed by atoms with Crippen molar-refractivity contribution >= 4 is 0 Å². The largest absolute Gasteiger partial charge is 0.462 e. The Bertz CT molecular complexity index is 198.